The van der Waals surface area contributed by atoms with E-state index in [-0.39, 0.29) is 0 Å². The van der Waals surface area contributed by atoms with Gasteiger partial charge in [-0.25, -0.2) is 0 Å². The van der Waals surface area contributed by atoms with E-state index in [4.69, 9.17) is 47.0 Å². The van der Waals surface area contributed by atoms with Crippen LogP contribution in [0.15, 0.2) is 18.2 Å². The molecular weight excluding hydrogens is 375 g/mol. The Morgan fingerprint density at radius 1 is 1.17 bits per heavy atom. The van der Waals surface area contributed by atoms with Gasteiger partial charge in [-0.3, -0.25) is 4.68 Å². The van der Waals surface area contributed by atoms with E-state index in [1.165, 1.54) is 0 Å². The Morgan fingerprint density at radius 2 is 1.83 bits per heavy atom. The fourth-order valence-electron chi connectivity index (χ4n) is 2.12. The number of rotatable bonds is 5. The highest BCUT2D eigenvalue weighted by molar-refractivity contribution is 7.80. The monoisotopic (exact) mass is 390 g/mol. The van der Waals surface area contributed by atoms with Crippen molar-refractivity contribution in [1.29, 1.82) is 0 Å². The van der Waals surface area contributed by atoms with Gasteiger partial charge in [-0.2, -0.15) is 5.10 Å². The molecule has 0 bridgehead atoms. The van der Waals surface area contributed by atoms with Crippen LogP contribution < -0.4 is 10.6 Å². The molecule has 0 aliphatic heterocycles. The fourth-order valence-corrected chi connectivity index (χ4v) is 3.01. The minimum Gasteiger partial charge on any atom is -0.362 e. The molecule has 2 N–H and O–H groups in total. The van der Waals surface area contributed by atoms with Gasteiger partial charge in [0.2, 0.25) is 0 Å². The second kappa shape index (κ2) is 8.20. The molecular formula is C15H17Cl3N4S. The number of nitrogens with one attached hydrogen (secondary N) is 2. The van der Waals surface area contributed by atoms with Crippen LogP contribution in [0.2, 0.25) is 15.1 Å². The van der Waals surface area contributed by atoms with Gasteiger partial charge in [0.25, 0.3) is 0 Å². The van der Waals surface area contributed by atoms with Crippen LogP contribution in [0, 0.1) is 13.8 Å². The number of aromatic nitrogens is 2. The topological polar surface area (TPSA) is 41.9 Å². The molecule has 2 aromatic rings. The van der Waals surface area contributed by atoms with Gasteiger partial charge in [0.15, 0.2) is 5.11 Å². The van der Waals surface area contributed by atoms with E-state index in [1.54, 1.807) is 18.2 Å². The first kappa shape index (κ1) is 18.3. The number of hydrogen-bond acceptors (Lipinski definition) is 2. The van der Waals surface area contributed by atoms with Crippen LogP contribution in [0.1, 0.15) is 17.8 Å². The van der Waals surface area contributed by atoms with Gasteiger partial charge in [-0.1, -0.05) is 34.8 Å². The van der Waals surface area contributed by atoms with Crippen LogP contribution in [0.4, 0.5) is 5.69 Å². The van der Waals surface area contributed by atoms with Gasteiger partial charge >= 0.3 is 0 Å². The maximum absolute atomic E-state index is 6.13. The molecule has 23 heavy (non-hydrogen) atoms. The van der Waals surface area contributed by atoms with Gasteiger partial charge < -0.3 is 10.6 Å². The van der Waals surface area contributed by atoms with Crippen LogP contribution in [-0.4, -0.2) is 21.4 Å². The lowest BCUT2D eigenvalue weighted by molar-refractivity contribution is 0.558. The molecule has 0 aliphatic carbocycles. The number of thiocarbonyl (C=S) groups is 1. The third-order valence-electron chi connectivity index (χ3n) is 3.25. The lowest BCUT2D eigenvalue weighted by Gasteiger charge is -2.11. The fraction of sp³-hybridized carbons (Fsp3) is 0.333. The minimum atomic E-state index is 0.523. The van der Waals surface area contributed by atoms with Crippen LogP contribution in [0.25, 0.3) is 0 Å². The number of anilines is 1. The maximum Gasteiger partial charge on any atom is 0.170 e. The summed E-state index contributed by atoms with van der Waals surface area (Å²) >= 11 is 23.3. The third kappa shape index (κ3) is 5.24. The Morgan fingerprint density at radius 3 is 2.39 bits per heavy atom. The molecule has 0 saturated carbocycles. The highest BCUT2D eigenvalue weighted by Crippen LogP contribution is 2.22. The number of hydrogen-bond donors (Lipinski definition) is 2. The standard InChI is InChI=1S/C15H17Cl3N4S/c1-9-14(18)10(2)22(21-9)5-3-4-19-15(23)20-13-7-11(16)6-12(17)8-13/h6-8H,3-5H2,1-2H3,(H2,19,20,23). The highest BCUT2D eigenvalue weighted by Gasteiger charge is 2.08. The minimum absolute atomic E-state index is 0.523. The van der Waals surface area contributed by atoms with Crippen molar-refractivity contribution in [3.8, 4) is 0 Å². The van der Waals surface area contributed by atoms with Crippen LogP contribution in [0.5, 0.6) is 0 Å². The Bertz CT molecular complexity index is 695. The van der Waals surface area contributed by atoms with E-state index in [9.17, 15) is 0 Å². The van der Waals surface area contributed by atoms with E-state index >= 15 is 0 Å². The summed E-state index contributed by atoms with van der Waals surface area (Å²) in [5, 5.41) is 13.0. The molecule has 2 rings (SSSR count). The van der Waals surface area contributed by atoms with Crippen molar-refractivity contribution in [1.82, 2.24) is 15.1 Å². The Kier molecular flexibility index (Phi) is 6.53. The number of halogens is 3. The van der Waals surface area contributed by atoms with Gasteiger partial charge in [-0.05, 0) is 50.7 Å². The van der Waals surface area contributed by atoms with Crippen LogP contribution >= 0.6 is 47.0 Å². The molecule has 124 valence electrons. The molecule has 0 unspecified atom stereocenters. The van der Waals surface area contributed by atoms with Crippen LogP contribution in [0.3, 0.4) is 0 Å². The zero-order valence-electron chi connectivity index (χ0n) is 12.8. The van der Waals surface area contributed by atoms with E-state index in [0.717, 1.165) is 41.6 Å². The first-order valence-corrected chi connectivity index (χ1v) is 8.61. The normalized spacial score (nSPS) is 10.7. The number of aryl methyl sites for hydroxylation is 2. The number of benzene rings is 1. The van der Waals surface area contributed by atoms with Gasteiger partial charge in [0.05, 0.1) is 16.4 Å². The molecule has 1 heterocycles. The van der Waals surface area contributed by atoms with Crippen molar-refractivity contribution >= 4 is 57.8 Å². The Labute approximate surface area is 156 Å². The smallest absolute Gasteiger partial charge is 0.170 e. The van der Waals surface area contributed by atoms with E-state index in [2.05, 4.69) is 15.7 Å². The molecule has 1 aromatic carbocycles. The van der Waals surface area contributed by atoms with Crippen molar-refractivity contribution in [3.05, 3.63) is 44.7 Å². The maximum atomic E-state index is 6.13. The molecule has 0 fully saturated rings. The lowest BCUT2D eigenvalue weighted by atomic mass is 10.3. The zero-order chi connectivity index (χ0) is 17.0. The largest absolute Gasteiger partial charge is 0.362 e. The summed E-state index contributed by atoms with van der Waals surface area (Å²) in [7, 11) is 0. The summed E-state index contributed by atoms with van der Waals surface area (Å²) in [6, 6.07) is 5.20. The summed E-state index contributed by atoms with van der Waals surface area (Å²) < 4.78 is 1.91. The molecule has 4 nitrogen and oxygen atoms in total. The molecule has 0 radical (unpaired) electrons. The van der Waals surface area contributed by atoms with E-state index in [1.807, 2.05) is 18.5 Å². The molecule has 0 aliphatic rings. The van der Waals surface area contributed by atoms with E-state index < -0.39 is 0 Å². The summed E-state index contributed by atoms with van der Waals surface area (Å²) in [6.07, 6.45) is 0.871. The predicted molar refractivity (Wildman–Crippen MR) is 102 cm³/mol. The van der Waals surface area contributed by atoms with Crippen molar-refractivity contribution in [2.45, 2.75) is 26.8 Å². The van der Waals surface area contributed by atoms with Crippen molar-refractivity contribution in [2.75, 3.05) is 11.9 Å². The summed E-state index contributed by atoms with van der Waals surface area (Å²) in [5.41, 5.74) is 2.59. The first-order chi connectivity index (χ1) is 10.9. The van der Waals surface area contributed by atoms with Crippen molar-refractivity contribution in [3.63, 3.8) is 0 Å². The lowest BCUT2D eigenvalue weighted by Crippen LogP contribution is -2.29. The van der Waals surface area contributed by atoms with Crippen molar-refractivity contribution < 1.29 is 0 Å². The van der Waals surface area contributed by atoms with Crippen LogP contribution in [-0.2, 0) is 6.54 Å². The second-order valence-corrected chi connectivity index (χ2v) is 6.76. The summed E-state index contributed by atoms with van der Waals surface area (Å²) in [5.74, 6) is 0. The highest BCUT2D eigenvalue weighted by atomic mass is 35.5. The molecule has 1 aromatic heterocycles. The Hall–Kier alpha value is -1.01. The van der Waals surface area contributed by atoms with Gasteiger partial charge in [0.1, 0.15) is 0 Å². The Balaban J connectivity index is 1.77. The average molecular weight is 392 g/mol. The SMILES string of the molecule is Cc1nn(CCCNC(=S)Nc2cc(Cl)cc(Cl)c2)c(C)c1Cl. The van der Waals surface area contributed by atoms with Gasteiger partial charge in [0, 0.05) is 28.8 Å². The average Bonchev–Trinajstić information content (AvgIpc) is 2.70. The quantitative estimate of drug-likeness (QED) is 0.565. The third-order valence-corrected chi connectivity index (χ3v) is 4.48. The summed E-state index contributed by atoms with van der Waals surface area (Å²) in [4.78, 5) is 0. The van der Waals surface area contributed by atoms with Gasteiger partial charge in [-0.15, -0.1) is 0 Å². The first-order valence-electron chi connectivity index (χ1n) is 7.07. The molecule has 0 saturated heterocycles. The van der Waals surface area contributed by atoms with Crippen molar-refractivity contribution in [2.24, 2.45) is 0 Å². The summed E-state index contributed by atoms with van der Waals surface area (Å²) in [6.45, 7) is 5.36. The molecule has 0 spiro atoms. The van der Waals surface area contributed by atoms with E-state index in [0.29, 0.717) is 15.2 Å². The zero-order valence-corrected chi connectivity index (χ0v) is 15.9. The number of nitrogens with zero attached hydrogens (tertiary/aromatic N) is 2. The molecule has 0 amide bonds. The second-order valence-electron chi connectivity index (χ2n) is 5.10. The predicted octanol–water partition coefficient (Wildman–Crippen LogP) is 4.84. The molecule has 0 atom stereocenters. The molecule has 8 heteroatoms.